The van der Waals surface area contributed by atoms with E-state index in [0.29, 0.717) is 5.57 Å². The van der Waals surface area contributed by atoms with Crippen molar-refractivity contribution in [2.75, 3.05) is 13.6 Å². The van der Waals surface area contributed by atoms with Crippen LogP contribution < -0.4 is 0 Å². The zero-order chi connectivity index (χ0) is 15.7. The molecule has 1 heteroatoms. The Morgan fingerprint density at radius 3 is 2.62 bits per heavy atom. The number of terminal acetylenes is 1. The highest BCUT2D eigenvalue weighted by Crippen LogP contribution is 2.23. The lowest BCUT2D eigenvalue weighted by Crippen LogP contribution is -2.19. The van der Waals surface area contributed by atoms with Gasteiger partial charge in [-0.1, -0.05) is 63.0 Å². The fourth-order valence-corrected chi connectivity index (χ4v) is 2.36. The Labute approximate surface area is 130 Å². The quantitative estimate of drug-likeness (QED) is 0.367. The molecule has 1 rings (SSSR count). The molecule has 112 valence electrons. The van der Waals surface area contributed by atoms with Gasteiger partial charge in [0.15, 0.2) is 0 Å². The van der Waals surface area contributed by atoms with E-state index in [0.717, 1.165) is 12.2 Å². The van der Waals surface area contributed by atoms with Gasteiger partial charge in [0.25, 0.3) is 0 Å². The van der Waals surface area contributed by atoms with Gasteiger partial charge < -0.3 is 4.90 Å². The number of aryl methyl sites for hydroxylation is 1. The second-order valence-electron chi connectivity index (χ2n) is 5.50. The number of allylic oxidation sites excluding steroid dienone is 2. The summed E-state index contributed by atoms with van der Waals surface area (Å²) in [5.41, 5.74) is 4.36. The largest absolute Gasteiger partial charge is 0.374 e. The van der Waals surface area contributed by atoms with Crippen molar-refractivity contribution in [2.45, 2.75) is 39.5 Å². The Kier molecular flexibility index (Phi) is 7.40. The molecule has 0 aromatic heterocycles. The van der Waals surface area contributed by atoms with Crippen molar-refractivity contribution in [3.63, 3.8) is 0 Å². The number of unbranched alkanes of at least 4 members (excludes halogenated alkanes) is 3. The van der Waals surface area contributed by atoms with Gasteiger partial charge in [0.2, 0.25) is 0 Å². The van der Waals surface area contributed by atoms with E-state index in [9.17, 15) is 0 Å². The maximum Gasteiger partial charge on any atom is 0.0452 e. The van der Waals surface area contributed by atoms with E-state index in [1.165, 1.54) is 36.8 Å². The van der Waals surface area contributed by atoms with Crippen LogP contribution in [0, 0.1) is 19.3 Å². The van der Waals surface area contributed by atoms with Crippen molar-refractivity contribution in [3.05, 3.63) is 53.6 Å². The minimum Gasteiger partial charge on any atom is -0.374 e. The van der Waals surface area contributed by atoms with E-state index in [-0.39, 0.29) is 0 Å². The average molecular weight is 281 g/mol. The van der Waals surface area contributed by atoms with E-state index in [1.54, 1.807) is 0 Å². The SMILES string of the molecule is C#CC(=C)/C=C(\c1ccccc1C)N(C)CCCCCC. The molecule has 0 fully saturated rings. The number of hydrogen-bond donors (Lipinski definition) is 0. The molecule has 21 heavy (non-hydrogen) atoms. The van der Waals surface area contributed by atoms with E-state index in [2.05, 4.69) is 62.6 Å². The maximum atomic E-state index is 5.46. The van der Waals surface area contributed by atoms with E-state index in [1.807, 2.05) is 6.08 Å². The number of hydrogen-bond acceptors (Lipinski definition) is 1. The lowest BCUT2D eigenvalue weighted by molar-refractivity contribution is 0.451. The van der Waals surface area contributed by atoms with Crippen LogP contribution in [0.25, 0.3) is 5.70 Å². The van der Waals surface area contributed by atoms with Crippen molar-refractivity contribution >= 4 is 5.70 Å². The van der Waals surface area contributed by atoms with Gasteiger partial charge in [0, 0.05) is 30.4 Å². The average Bonchev–Trinajstić information content (AvgIpc) is 2.49. The molecule has 0 unspecified atom stereocenters. The highest BCUT2D eigenvalue weighted by Gasteiger charge is 2.10. The molecule has 0 heterocycles. The van der Waals surface area contributed by atoms with Gasteiger partial charge >= 0.3 is 0 Å². The second-order valence-corrected chi connectivity index (χ2v) is 5.50. The highest BCUT2D eigenvalue weighted by atomic mass is 15.1. The first-order valence-electron chi connectivity index (χ1n) is 7.74. The first-order chi connectivity index (χ1) is 10.1. The molecule has 0 radical (unpaired) electrons. The summed E-state index contributed by atoms with van der Waals surface area (Å²) in [6.07, 6.45) is 12.5. The van der Waals surface area contributed by atoms with Gasteiger partial charge in [0.05, 0.1) is 0 Å². The third kappa shape index (κ3) is 5.52. The smallest absolute Gasteiger partial charge is 0.0452 e. The van der Waals surface area contributed by atoms with Crippen LogP contribution in [0.4, 0.5) is 0 Å². The Morgan fingerprint density at radius 2 is 2.00 bits per heavy atom. The highest BCUT2D eigenvalue weighted by molar-refractivity contribution is 5.70. The molecule has 0 aliphatic heterocycles. The molecular formula is C20H27N. The first-order valence-corrected chi connectivity index (χ1v) is 7.74. The molecule has 0 bridgehead atoms. The molecule has 0 atom stereocenters. The predicted octanol–water partition coefficient (Wildman–Crippen LogP) is 5.04. The van der Waals surface area contributed by atoms with Crippen LogP contribution in [0.15, 0.2) is 42.5 Å². The van der Waals surface area contributed by atoms with Gasteiger partial charge in [-0.05, 0) is 25.0 Å². The van der Waals surface area contributed by atoms with Crippen LogP contribution in [0.5, 0.6) is 0 Å². The lowest BCUT2D eigenvalue weighted by atomic mass is 10.0. The summed E-state index contributed by atoms with van der Waals surface area (Å²) in [6.45, 7) is 9.33. The van der Waals surface area contributed by atoms with E-state index >= 15 is 0 Å². The van der Waals surface area contributed by atoms with Crippen molar-refractivity contribution < 1.29 is 0 Å². The van der Waals surface area contributed by atoms with Gasteiger partial charge in [-0.2, -0.15) is 0 Å². The van der Waals surface area contributed by atoms with Crippen LogP contribution >= 0.6 is 0 Å². The van der Waals surface area contributed by atoms with Crippen molar-refractivity contribution in [2.24, 2.45) is 0 Å². The summed E-state index contributed by atoms with van der Waals surface area (Å²) in [5, 5.41) is 0. The monoisotopic (exact) mass is 281 g/mol. The molecule has 0 aliphatic carbocycles. The molecule has 0 N–H and O–H groups in total. The molecule has 1 aromatic rings. The fourth-order valence-electron chi connectivity index (χ4n) is 2.36. The maximum absolute atomic E-state index is 5.46. The van der Waals surface area contributed by atoms with E-state index < -0.39 is 0 Å². The zero-order valence-corrected chi connectivity index (χ0v) is 13.7. The van der Waals surface area contributed by atoms with Gasteiger partial charge in [-0.25, -0.2) is 0 Å². The first kappa shape index (κ1) is 17.1. The molecule has 1 nitrogen and oxygen atoms in total. The Balaban J connectivity index is 2.94. The zero-order valence-electron chi connectivity index (χ0n) is 13.7. The molecule has 0 saturated carbocycles. The molecule has 0 spiro atoms. The minimum atomic E-state index is 0.716. The number of benzene rings is 1. The van der Waals surface area contributed by atoms with Gasteiger partial charge in [-0.3, -0.25) is 0 Å². The molecule has 0 amide bonds. The number of nitrogens with zero attached hydrogens (tertiary/aromatic N) is 1. The summed E-state index contributed by atoms with van der Waals surface area (Å²) >= 11 is 0. The molecule has 1 aromatic carbocycles. The van der Waals surface area contributed by atoms with Crippen LogP contribution in [0.2, 0.25) is 0 Å². The Bertz CT molecular complexity index is 531. The van der Waals surface area contributed by atoms with Crippen LogP contribution in [-0.2, 0) is 0 Å². The Hall–Kier alpha value is -1.94. The summed E-state index contributed by atoms with van der Waals surface area (Å²) in [7, 11) is 2.13. The standard InChI is InChI=1S/C20H27N/c1-6-8-9-12-15-21(5)20(16-17(3)7-2)19-14-11-10-13-18(19)4/h2,10-11,13-14,16H,3,6,8-9,12,15H2,1,4-5H3/b20-16+. The van der Waals surface area contributed by atoms with Crippen molar-refractivity contribution in [3.8, 4) is 12.3 Å². The normalized spacial score (nSPS) is 11.0. The third-order valence-electron chi connectivity index (χ3n) is 3.68. The van der Waals surface area contributed by atoms with Crippen LogP contribution in [0.3, 0.4) is 0 Å². The number of rotatable bonds is 8. The predicted molar refractivity (Wildman–Crippen MR) is 93.9 cm³/mol. The van der Waals surface area contributed by atoms with Crippen LogP contribution in [-0.4, -0.2) is 18.5 Å². The third-order valence-corrected chi connectivity index (χ3v) is 3.68. The van der Waals surface area contributed by atoms with Crippen molar-refractivity contribution in [1.29, 1.82) is 0 Å². The van der Waals surface area contributed by atoms with Crippen molar-refractivity contribution in [1.82, 2.24) is 4.90 Å². The summed E-state index contributed by atoms with van der Waals surface area (Å²) < 4.78 is 0. The molecule has 0 saturated heterocycles. The van der Waals surface area contributed by atoms with Gasteiger partial charge in [-0.15, -0.1) is 6.42 Å². The summed E-state index contributed by atoms with van der Waals surface area (Å²) in [6, 6.07) is 8.41. The summed E-state index contributed by atoms with van der Waals surface area (Å²) in [5.74, 6) is 2.62. The molecular weight excluding hydrogens is 254 g/mol. The van der Waals surface area contributed by atoms with Gasteiger partial charge in [0.1, 0.15) is 0 Å². The summed E-state index contributed by atoms with van der Waals surface area (Å²) in [4.78, 5) is 2.29. The molecule has 0 aliphatic rings. The minimum absolute atomic E-state index is 0.716. The van der Waals surface area contributed by atoms with Crippen LogP contribution in [0.1, 0.15) is 43.7 Å². The van der Waals surface area contributed by atoms with E-state index in [4.69, 9.17) is 6.42 Å². The second kappa shape index (κ2) is 9.08. The topological polar surface area (TPSA) is 3.24 Å². The fraction of sp³-hybridized carbons (Fsp3) is 0.400. The Morgan fingerprint density at radius 1 is 1.29 bits per heavy atom. The lowest BCUT2D eigenvalue weighted by Gasteiger charge is -2.24.